The summed E-state index contributed by atoms with van der Waals surface area (Å²) >= 11 is 0. The van der Waals surface area contributed by atoms with E-state index in [0.717, 1.165) is 18.4 Å². The van der Waals surface area contributed by atoms with Crippen molar-refractivity contribution in [3.63, 3.8) is 0 Å². The predicted octanol–water partition coefficient (Wildman–Crippen LogP) is 1.99. The van der Waals surface area contributed by atoms with Crippen molar-refractivity contribution in [1.82, 2.24) is 4.31 Å². The van der Waals surface area contributed by atoms with Crippen molar-refractivity contribution in [2.24, 2.45) is 11.7 Å². The van der Waals surface area contributed by atoms with Crippen LogP contribution in [-0.4, -0.2) is 37.3 Å². The van der Waals surface area contributed by atoms with Crippen molar-refractivity contribution >= 4 is 28.1 Å². The van der Waals surface area contributed by atoms with Gasteiger partial charge in [0.2, 0.25) is 10.0 Å². The second kappa shape index (κ2) is 7.57. The van der Waals surface area contributed by atoms with E-state index in [9.17, 15) is 18.5 Å². The van der Waals surface area contributed by atoms with Gasteiger partial charge in [-0.25, -0.2) is 8.42 Å². The number of sulfonamides is 1. The lowest BCUT2D eigenvalue weighted by Gasteiger charge is -2.31. The minimum atomic E-state index is -3.88. The Morgan fingerprint density at radius 1 is 1.35 bits per heavy atom. The van der Waals surface area contributed by atoms with Crippen molar-refractivity contribution in [3.05, 3.63) is 33.4 Å². The molecule has 9 heteroatoms. The van der Waals surface area contributed by atoms with Crippen molar-refractivity contribution < 1.29 is 13.3 Å². The van der Waals surface area contributed by atoms with E-state index in [1.54, 1.807) is 13.8 Å². The molecule has 1 aromatic rings. The number of piperidine rings is 1. The van der Waals surface area contributed by atoms with Gasteiger partial charge in [0.05, 0.1) is 4.92 Å². The molecule has 1 saturated heterocycles. The number of aryl methyl sites for hydroxylation is 2. The number of hydrogen-bond acceptors (Lipinski definition) is 5. The summed E-state index contributed by atoms with van der Waals surface area (Å²) in [5.41, 5.74) is 6.69. The number of rotatable bonds is 4. The van der Waals surface area contributed by atoms with Gasteiger partial charge in [-0.05, 0) is 56.3 Å². The average molecular weight is 364 g/mol. The lowest BCUT2D eigenvalue weighted by molar-refractivity contribution is -0.387. The van der Waals surface area contributed by atoms with E-state index in [2.05, 4.69) is 0 Å². The molecule has 1 aromatic carbocycles. The van der Waals surface area contributed by atoms with Gasteiger partial charge >= 0.3 is 0 Å². The summed E-state index contributed by atoms with van der Waals surface area (Å²) in [6.07, 6.45) is 1.61. The van der Waals surface area contributed by atoms with Gasteiger partial charge in [0.25, 0.3) is 5.69 Å². The predicted molar refractivity (Wildman–Crippen MR) is 90.4 cm³/mol. The second-order valence-electron chi connectivity index (χ2n) is 5.77. The van der Waals surface area contributed by atoms with E-state index in [0.29, 0.717) is 25.2 Å². The summed E-state index contributed by atoms with van der Waals surface area (Å²) in [6, 6.07) is 2.72. The van der Waals surface area contributed by atoms with E-state index in [-0.39, 0.29) is 28.9 Å². The van der Waals surface area contributed by atoms with Crippen molar-refractivity contribution in [2.45, 2.75) is 31.6 Å². The number of benzene rings is 1. The van der Waals surface area contributed by atoms with Crippen LogP contribution in [0.15, 0.2) is 17.0 Å². The number of hydrogen-bond donors (Lipinski definition) is 1. The molecule has 0 bridgehead atoms. The number of nitrogens with two attached hydrogens (primary N) is 1. The fourth-order valence-corrected chi connectivity index (χ4v) is 4.48. The van der Waals surface area contributed by atoms with Crippen LogP contribution < -0.4 is 5.73 Å². The maximum atomic E-state index is 12.8. The standard InChI is InChI=1S/C14H21N3O4S.ClH/c1-10-6-13(17(18)19)14(7-11(10)2)22(20,21)16-5-3-4-12(8-15)9-16;/h6-7,12H,3-5,8-9,15H2,1-2H3;1H. The van der Waals surface area contributed by atoms with Gasteiger partial charge in [-0.2, -0.15) is 4.31 Å². The van der Waals surface area contributed by atoms with Gasteiger partial charge < -0.3 is 5.73 Å². The first-order valence-corrected chi connectivity index (χ1v) is 8.67. The summed E-state index contributed by atoms with van der Waals surface area (Å²) in [5, 5.41) is 11.2. The number of nitrogens with zero attached hydrogens (tertiary/aromatic N) is 2. The maximum absolute atomic E-state index is 12.8. The fourth-order valence-electron chi connectivity index (χ4n) is 2.70. The normalized spacial score (nSPS) is 19.2. The molecule has 7 nitrogen and oxygen atoms in total. The van der Waals surface area contributed by atoms with Gasteiger partial charge in [0.15, 0.2) is 4.90 Å². The lowest BCUT2D eigenvalue weighted by Crippen LogP contribution is -2.42. The molecule has 23 heavy (non-hydrogen) atoms. The fraction of sp³-hybridized carbons (Fsp3) is 0.571. The van der Waals surface area contributed by atoms with Gasteiger partial charge in [-0.1, -0.05) is 0 Å². The van der Waals surface area contributed by atoms with Crippen LogP contribution in [0.1, 0.15) is 24.0 Å². The SMILES string of the molecule is Cc1cc([N+](=O)[O-])c(S(=O)(=O)N2CCCC(CN)C2)cc1C.Cl. The third-order valence-electron chi connectivity index (χ3n) is 4.20. The minimum absolute atomic E-state index is 0. The smallest absolute Gasteiger partial charge is 0.289 e. The van der Waals surface area contributed by atoms with Gasteiger partial charge in [-0.15, -0.1) is 12.4 Å². The van der Waals surface area contributed by atoms with Crippen LogP contribution >= 0.6 is 12.4 Å². The monoisotopic (exact) mass is 363 g/mol. The number of halogens is 1. The highest BCUT2D eigenvalue weighted by Crippen LogP contribution is 2.31. The molecule has 2 N–H and O–H groups in total. The Labute approximate surface area is 142 Å². The molecule has 1 heterocycles. The first-order valence-electron chi connectivity index (χ1n) is 7.23. The van der Waals surface area contributed by atoms with Gasteiger partial charge in [-0.3, -0.25) is 10.1 Å². The van der Waals surface area contributed by atoms with Crippen LogP contribution in [0.2, 0.25) is 0 Å². The van der Waals surface area contributed by atoms with E-state index in [1.807, 2.05) is 0 Å². The Morgan fingerprint density at radius 3 is 2.52 bits per heavy atom. The molecule has 1 unspecified atom stereocenters. The zero-order valence-corrected chi connectivity index (χ0v) is 14.8. The summed E-state index contributed by atoms with van der Waals surface area (Å²) in [4.78, 5) is 10.4. The first kappa shape index (κ1) is 19.8. The van der Waals surface area contributed by atoms with Crippen LogP contribution in [0, 0.1) is 29.9 Å². The van der Waals surface area contributed by atoms with Crippen LogP contribution in [0.5, 0.6) is 0 Å². The topological polar surface area (TPSA) is 107 Å². The Bertz CT molecular complexity index is 694. The number of nitro groups is 1. The molecule has 0 spiro atoms. The Morgan fingerprint density at radius 2 is 1.96 bits per heavy atom. The molecule has 1 aliphatic rings. The van der Waals surface area contributed by atoms with Crippen molar-refractivity contribution in [3.8, 4) is 0 Å². The maximum Gasteiger partial charge on any atom is 0.289 e. The van der Waals surface area contributed by atoms with E-state index in [1.165, 1.54) is 16.4 Å². The molecule has 2 rings (SSSR count). The molecule has 0 aromatic heterocycles. The molecule has 130 valence electrons. The molecule has 1 atom stereocenters. The summed E-state index contributed by atoms with van der Waals surface area (Å²) < 4.78 is 27.0. The number of nitro benzene ring substituents is 1. The van der Waals surface area contributed by atoms with E-state index < -0.39 is 14.9 Å². The second-order valence-corrected chi connectivity index (χ2v) is 7.67. The summed E-state index contributed by atoms with van der Waals surface area (Å²) in [5.74, 6) is 0.106. The highest BCUT2D eigenvalue weighted by atomic mass is 35.5. The Kier molecular flexibility index (Phi) is 6.52. The molecular weight excluding hydrogens is 342 g/mol. The average Bonchev–Trinajstić information content (AvgIpc) is 2.49. The van der Waals surface area contributed by atoms with Crippen LogP contribution in [0.4, 0.5) is 5.69 Å². The summed E-state index contributed by atoms with van der Waals surface area (Å²) in [7, 11) is -3.88. The molecule has 0 amide bonds. The van der Waals surface area contributed by atoms with Crippen LogP contribution in [0.25, 0.3) is 0 Å². The van der Waals surface area contributed by atoms with Gasteiger partial charge in [0, 0.05) is 19.2 Å². The Hall–Kier alpha value is -1.22. The van der Waals surface area contributed by atoms with Gasteiger partial charge in [0.1, 0.15) is 0 Å². The molecular formula is C14H22ClN3O4S. The van der Waals surface area contributed by atoms with Crippen molar-refractivity contribution in [2.75, 3.05) is 19.6 Å². The van der Waals surface area contributed by atoms with E-state index >= 15 is 0 Å². The third kappa shape index (κ3) is 4.00. The molecule has 0 saturated carbocycles. The highest BCUT2D eigenvalue weighted by Gasteiger charge is 2.34. The van der Waals surface area contributed by atoms with Crippen LogP contribution in [0.3, 0.4) is 0 Å². The zero-order chi connectivity index (χ0) is 16.5. The zero-order valence-electron chi connectivity index (χ0n) is 13.2. The lowest BCUT2D eigenvalue weighted by atomic mass is 10.0. The van der Waals surface area contributed by atoms with E-state index in [4.69, 9.17) is 5.73 Å². The van der Waals surface area contributed by atoms with Crippen LogP contribution in [-0.2, 0) is 10.0 Å². The molecule has 0 radical (unpaired) electrons. The molecule has 1 aliphatic heterocycles. The highest BCUT2D eigenvalue weighted by molar-refractivity contribution is 7.89. The quantitative estimate of drug-likeness (QED) is 0.650. The Balaban J connectivity index is 0.00000264. The third-order valence-corrected chi connectivity index (χ3v) is 6.10. The van der Waals surface area contributed by atoms with Crippen molar-refractivity contribution in [1.29, 1.82) is 0 Å². The molecule has 0 aliphatic carbocycles. The largest absolute Gasteiger partial charge is 0.330 e. The summed E-state index contributed by atoms with van der Waals surface area (Å²) in [6.45, 7) is 4.59. The minimum Gasteiger partial charge on any atom is -0.330 e. The first-order chi connectivity index (χ1) is 10.3. The molecule has 1 fully saturated rings.